The molecule has 5 nitrogen and oxygen atoms in total. The van der Waals surface area contributed by atoms with Crippen LogP contribution in [0, 0.1) is 11.7 Å². The fourth-order valence-corrected chi connectivity index (χ4v) is 2.64. The van der Waals surface area contributed by atoms with Gasteiger partial charge < -0.3 is 9.55 Å². The summed E-state index contributed by atoms with van der Waals surface area (Å²) >= 11 is 5.25. The number of sulfonamides is 1. The molecule has 1 aromatic heterocycles. The highest BCUT2D eigenvalue weighted by Gasteiger charge is 2.06. The van der Waals surface area contributed by atoms with Gasteiger partial charge in [0.05, 0.1) is 17.3 Å². The van der Waals surface area contributed by atoms with Crippen LogP contribution in [0.15, 0.2) is 18.2 Å². The van der Waals surface area contributed by atoms with Gasteiger partial charge in [0.2, 0.25) is 10.0 Å². The molecule has 0 fully saturated rings. The van der Waals surface area contributed by atoms with E-state index in [0.717, 1.165) is 22.9 Å². The molecule has 18 heavy (non-hydrogen) atoms. The lowest BCUT2D eigenvalue weighted by molar-refractivity contribution is 0.579. The molecule has 0 saturated heterocycles. The zero-order valence-electron chi connectivity index (χ0n) is 10.2. The fourth-order valence-electron chi connectivity index (χ4n) is 1.89. The van der Waals surface area contributed by atoms with E-state index in [0.29, 0.717) is 17.9 Å². The van der Waals surface area contributed by atoms with Crippen molar-refractivity contribution in [2.45, 2.75) is 13.5 Å². The molecule has 1 heterocycles. The monoisotopic (exact) mass is 285 g/mol. The highest BCUT2D eigenvalue weighted by Crippen LogP contribution is 2.17. The van der Waals surface area contributed by atoms with Gasteiger partial charge in [-0.25, -0.2) is 13.1 Å². The first-order chi connectivity index (χ1) is 8.38. The predicted octanol–water partition coefficient (Wildman–Crippen LogP) is 1.56. The maximum Gasteiger partial charge on any atom is 0.208 e. The summed E-state index contributed by atoms with van der Waals surface area (Å²) in [5.74, 6) is 0. The molecule has 2 aromatic rings. The topological polar surface area (TPSA) is 66.9 Å². The Bertz CT molecular complexity index is 728. The van der Waals surface area contributed by atoms with Crippen molar-refractivity contribution >= 4 is 33.3 Å². The Hall–Kier alpha value is -1.18. The zero-order valence-corrected chi connectivity index (χ0v) is 11.9. The van der Waals surface area contributed by atoms with Gasteiger partial charge in [-0.3, -0.25) is 0 Å². The second kappa shape index (κ2) is 4.83. The van der Waals surface area contributed by atoms with Crippen molar-refractivity contribution in [1.29, 1.82) is 0 Å². The third kappa shape index (κ3) is 2.80. The number of para-hydroxylation sites is 1. The molecule has 0 amide bonds. The van der Waals surface area contributed by atoms with E-state index < -0.39 is 10.0 Å². The van der Waals surface area contributed by atoms with Crippen molar-refractivity contribution < 1.29 is 8.42 Å². The second-order valence-corrected chi connectivity index (χ2v) is 6.44. The van der Waals surface area contributed by atoms with Crippen LogP contribution >= 0.6 is 12.2 Å². The van der Waals surface area contributed by atoms with Gasteiger partial charge in [0.1, 0.15) is 0 Å². The van der Waals surface area contributed by atoms with Crippen molar-refractivity contribution in [3.8, 4) is 0 Å². The van der Waals surface area contributed by atoms with E-state index in [-0.39, 0.29) is 0 Å². The Morgan fingerprint density at radius 2 is 2.17 bits per heavy atom. The normalized spacial score (nSPS) is 12.1. The summed E-state index contributed by atoms with van der Waals surface area (Å²) in [4.78, 5) is 3.14. The van der Waals surface area contributed by atoms with Crippen LogP contribution in [0.3, 0.4) is 0 Å². The molecule has 0 atom stereocenters. The maximum atomic E-state index is 11.0. The summed E-state index contributed by atoms with van der Waals surface area (Å²) in [5.41, 5.74) is 3.12. The van der Waals surface area contributed by atoms with Crippen LogP contribution in [0.4, 0.5) is 0 Å². The van der Waals surface area contributed by atoms with Crippen molar-refractivity contribution in [2.24, 2.45) is 0 Å². The maximum absolute atomic E-state index is 11.0. The van der Waals surface area contributed by atoms with Gasteiger partial charge in [-0.15, -0.1) is 0 Å². The minimum atomic E-state index is -3.16. The molecule has 2 rings (SSSR count). The molecule has 1 aromatic carbocycles. The largest absolute Gasteiger partial charge is 0.330 e. The van der Waals surface area contributed by atoms with E-state index in [2.05, 4.69) is 9.71 Å². The predicted molar refractivity (Wildman–Crippen MR) is 74.7 cm³/mol. The lowest BCUT2D eigenvalue weighted by atomic mass is 10.2. The summed E-state index contributed by atoms with van der Waals surface area (Å²) in [5, 5.41) is 0. The van der Waals surface area contributed by atoms with Gasteiger partial charge in [-0.05, 0) is 30.8 Å². The van der Waals surface area contributed by atoms with Crippen LogP contribution in [-0.2, 0) is 16.6 Å². The van der Waals surface area contributed by atoms with Crippen LogP contribution in [0.2, 0.25) is 0 Å². The molecule has 0 bridgehead atoms. The summed E-state index contributed by atoms with van der Waals surface area (Å²) in [6.45, 7) is 2.84. The van der Waals surface area contributed by atoms with Crippen molar-refractivity contribution in [3.63, 3.8) is 0 Å². The first-order valence-corrected chi connectivity index (χ1v) is 7.81. The number of imidazole rings is 1. The Morgan fingerprint density at radius 1 is 1.44 bits per heavy atom. The quantitative estimate of drug-likeness (QED) is 0.838. The molecule has 0 spiro atoms. The van der Waals surface area contributed by atoms with Crippen LogP contribution < -0.4 is 4.72 Å². The van der Waals surface area contributed by atoms with Gasteiger partial charge in [0.15, 0.2) is 4.77 Å². The van der Waals surface area contributed by atoms with Gasteiger partial charge in [-0.2, -0.15) is 0 Å². The van der Waals surface area contributed by atoms with Crippen LogP contribution in [-0.4, -0.2) is 30.8 Å². The molecular weight excluding hydrogens is 270 g/mol. The van der Waals surface area contributed by atoms with Crippen molar-refractivity contribution in [3.05, 3.63) is 28.5 Å². The average molecular weight is 285 g/mol. The standard InChI is InChI=1S/C11H15N3O2S2/c1-8-4-3-5-9-10(8)13-11(17)14(9)7-6-12-18(2,15)16/h3-5,12H,6-7H2,1-2H3,(H,13,17). The van der Waals surface area contributed by atoms with Gasteiger partial charge in [0, 0.05) is 13.1 Å². The number of aryl methyl sites for hydroxylation is 1. The number of rotatable bonds is 4. The highest BCUT2D eigenvalue weighted by atomic mass is 32.2. The molecule has 0 aliphatic rings. The number of aromatic nitrogens is 2. The third-order valence-electron chi connectivity index (χ3n) is 2.72. The molecule has 0 unspecified atom stereocenters. The second-order valence-electron chi connectivity index (χ2n) is 4.22. The lowest BCUT2D eigenvalue weighted by Gasteiger charge is -2.05. The minimum absolute atomic E-state index is 0.327. The van der Waals surface area contributed by atoms with E-state index in [1.807, 2.05) is 29.7 Å². The number of fused-ring (bicyclic) bond motifs is 1. The number of nitrogens with one attached hydrogen (secondary N) is 2. The molecule has 0 aliphatic heterocycles. The van der Waals surface area contributed by atoms with E-state index >= 15 is 0 Å². The first-order valence-electron chi connectivity index (χ1n) is 5.51. The van der Waals surface area contributed by atoms with Crippen molar-refractivity contribution in [1.82, 2.24) is 14.3 Å². The zero-order chi connectivity index (χ0) is 13.3. The van der Waals surface area contributed by atoms with E-state index in [4.69, 9.17) is 12.2 Å². The molecular formula is C11H15N3O2S2. The summed E-state index contributed by atoms with van der Waals surface area (Å²) < 4.78 is 27.0. The molecule has 0 aliphatic carbocycles. The average Bonchev–Trinajstić information content (AvgIpc) is 2.56. The Morgan fingerprint density at radius 3 is 2.83 bits per heavy atom. The van der Waals surface area contributed by atoms with Gasteiger partial charge in [0.25, 0.3) is 0 Å². The summed E-state index contributed by atoms with van der Waals surface area (Å²) in [6, 6.07) is 5.93. The number of benzene rings is 1. The summed E-state index contributed by atoms with van der Waals surface area (Å²) in [6.07, 6.45) is 1.14. The number of hydrogen-bond donors (Lipinski definition) is 2. The van der Waals surface area contributed by atoms with Gasteiger partial charge >= 0.3 is 0 Å². The van der Waals surface area contributed by atoms with Crippen LogP contribution in [0.1, 0.15) is 5.56 Å². The Balaban J connectivity index is 2.31. The number of aromatic amines is 1. The first kappa shape index (κ1) is 13.3. The van der Waals surface area contributed by atoms with E-state index in [9.17, 15) is 8.42 Å². The molecule has 7 heteroatoms. The van der Waals surface area contributed by atoms with E-state index in [1.54, 1.807) is 0 Å². The van der Waals surface area contributed by atoms with Crippen molar-refractivity contribution in [2.75, 3.05) is 12.8 Å². The molecule has 98 valence electrons. The van der Waals surface area contributed by atoms with Crippen LogP contribution in [0.5, 0.6) is 0 Å². The number of nitrogens with zero attached hydrogens (tertiary/aromatic N) is 1. The number of hydrogen-bond acceptors (Lipinski definition) is 3. The van der Waals surface area contributed by atoms with Gasteiger partial charge in [-0.1, -0.05) is 12.1 Å². The Labute approximate surface area is 111 Å². The molecule has 2 N–H and O–H groups in total. The SMILES string of the molecule is Cc1cccc2c1[nH]c(=S)n2CCNS(C)(=O)=O. The highest BCUT2D eigenvalue weighted by molar-refractivity contribution is 7.88. The third-order valence-corrected chi connectivity index (χ3v) is 3.77. The Kier molecular flexibility index (Phi) is 3.56. The smallest absolute Gasteiger partial charge is 0.208 e. The van der Waals surface area contributed by atoms with Crippen LogP contribution in [0.25, 0.3) is 11.0 Å². The fraction of sp³-hybridized carbons (Fsp3) is 0.364. The number of H-pyrrole nitrogens is 1. The minimum Gasteiger partial charge on any atom is -0.330 e. The van der Waals surface area contributed by atoms with E-state index in [1.165, 1.54) is 0 Å². The lowest BCUT2D eigenvalue weighted by Crippen LogP contribution is -2.26. The molecule has 0 saturated carbocycles. The molecule has 0 radical (unpaired) electrons. The summed E-state index contributed by atoms with van der Waals surface area (Å²) in [7, 11) is -3.16.